The standard InChI is InChI=1S/C11H15NO6/c1-3-11(15)4-7(10(14)18-2)8(6-12(16)17)9(13)5-11/h1,7-9,13,15H,4-6H2,2H3/t7-,8+,9-,11-/m0/s1. The molecule has 0 amide bonds. The number of aliphatic hydroxyl groups is 2. The number of hydrogen-bond acceptors (Lipinski definition) is 6. The van der Waals surface area contributed by atoms with Crippen LogP contribution in [0.15, 0.2) is 0 Å². The van der Waals surface area contributed by atoms with E-state index in [2.05, 4.69) is 10.7 Å². The van der Waals surface area contributed by atoms with Gasteiger partial charge in [0.1, 0.15) is 5.60 Å². The Hall–Kier alpha value is -1.65. The molecule has 1 fully saturated rings. The lowest BCUT2D eigenvalue weighted by atomic mass is 9.70. The molecule has 1 aliphatic rings. The van der Waals surface area contributed by atoms with E-state index in [0.29, 0.717) is 0 Å². The highest BCUT2D eigenvalue weighted by Gasteiger charge is 2.49. The summed E-state index contributed by atoms with van der Waals surface area (Å²) in [6.07, 6.45) is 3.61. The van der Waals surface area contributed by atoms with Gasteiger partial charge in [0.25, 0.3) is 0 Å². The van der Waals surface area contributed by atoms with Crippen LogP contribution in [0.3, 0.4) is 0 Å². The van der Waals surface area contributed by atoms with E-state index in [-0.39, 0.29) is 12.8 Å². The van der Waals surface area contributed by atoms with Gasteiger partial charge in [0.05, 0.1) is 25.0 Å². The third kappa shape index (κ3) is 2.97. The Kier molecular flexibility index (Phi) is 4.27. The van der Waals surface area contributed by atoms with Crippen molar-refractivity contribution in [3.63, 3.8) is 0 Å². The summed E-state index contributed by atoms with van der Waals surface area (Å²) in [7, 11) is 1.14. The Morgan fingerprint density at radius 2 is 2.28 bits per heavy atom. The van der Waals surface area contributed by atoms with Crippen LogP contribution < -0.4 is 0 Å². The second-order valence-electron chi connectivity index (χ2n) is 4.46. The van der Waals surface area contributed by atoms with Gasteiger partial charge in [-0.1, -0.05) is 5.92 Å². The topological polar surface area (TPSA) is 110 Å². The van der Waals surface area contributed by atoms with Crippen molar-refractivity contribution in [2.45, 2.75) is 24.5 Å². The highest BCUT2D eigenvalue weighted by atomic mass is 16.6. The van der Waals surface area contributed by atoms with Gasteiger partial charge in [0, 0.05) is 17.8 Å². The highest BCUT2D eigenvalue weighted by Crippen LogP contribution is 2.37. The average Bonchev–Trinajstić information content (AvgIpc) is 2.31. The molecule has 100 valence electrons. The smallest absolute Gasteiger partial charge is 0.309 e. The van der Waals surface area contributed by atoms with Crippen molar-refractivity contribution in [3.05, 3.63) is 10.1 Å². The first-order valence-corrected chi connectivity index (χ1v) is 5.41. The molecule has 0 aliphatic heterocycles. The van der Waals surface area contributed by atoms with Gasteiger partial charge < -0.3 is 14.9 Å². The summed E-state index contributed by atoms with van der Waals surface area (Å²) in [6.45, 7) is -0.568. The van der Waals surface area contributed by atoms with Gasteiger partial charge in [-0.05, 0) is 0 Å². The summed E-state index contributed by atoms with van der Waals surface area (Å²) >= 11 is 0. The SMILES string of the molecule is C#C[C@]1(O)C[C@H](C(=O)OC)[C@@H](C[N+](=O)[O-])[C@@H](O)C1. The Morgan fingerprint density at radius 1 is 1.67 bits per heavy atom. The number of nitrogens with zero attached hydrogens (tertiary/aromatic N) is 1. The molecule has 18 heavy (non-hydrogen) atoms. The molecule has 1 aliphatic carbocycles. The van der Waals surface area contributed by atoms with Crippen molar-refractivity contribution >= 4 is 5.97 Å². The normalized spacial score (nSPS) is 35.6. The molecule has 0 aromatic carbocycles. The van der Waals surface area contributed by atoms with Crippen molar-refractivity contribution in [2.24, 2.45) is 11.8 Å². The summed E-state index contributed by atoms with van der Waals surface area (Å²) in [6, 6.07) is 0. The van der Waals surface area contributed by atoms with Crippen LogP contribution in [0.1, 0.15) is 12.8 Å². The third-order valence-electron chi connectivity index (χ3n) is 3.25. The number of nitro groups is 1. The van der Waals surface area contributed by atoms with Gasteiger partial charge in [-0.2, -0.15) is 0 Å². The molecule has 1 saturated carbocycles. The van der Waals surface area contributed by atoms with Gasteiger partial charge in [-0.15, -0.1) is 6.42 Å². The number of methoxy groups -OCH3 is 1. The van der Waals surface area contributed by atoms with Crippen molar-refractivity contribution < 1.29 is 24.7 Å². The summed E-state index contributed by atoms with van der Waals surface area (Å²) in [5, 5.41) is 30.3. The predicted octanol–water partition coefficient (Wildman–Crippen LogP) is -0.812. The van der Waals surface area contributed by atoms with E-state index >= 15 is 0 Å². The number of carbonyl (C=O) groups excluding carboxylic acids is 1. The van der Waals surface area contributed by atoms with E-state index in [0.717, 1.165) is 7.11 Å². The number of aliphatic hydroxyl groups excluding tert-OH is 1. The van der Waals surface area contributed by atoms with Crippen LogP contribution in [0.25, 0.3) is 0 Å². The number of carbonyl (C=O) groups is 1. The molecule has 0 aromatic heterocycles. The van der Waals surface area contributed by atoms with Crippen LogP contribution in [0.4, 0.5) is 0 Å². The molecule has 1 rings (SSSR count). The maximum absolute atomic E-state index is 11.6. The molecular weight excluding hydrogens is 242 g/mol. The van der Waals surface area contributed by atoms with E-state index in [1.165, 1.54) is 0 Å². The molecule has 7 heteroatoms. The van der Waals surface area contributed by atoms with Crippen LogP contribution in [0, 0.1) is 34.3 Å². The molecule has 0 unspecified atom stereocenters. The fraction of sp³-hybridized carbons (Fsp3) is 0.727. The molecule has 2 N–H and O–H groups in total. The number of hydrogen-bond donors (Lipinski definition) is 2. The first-order valence-electron chi connectivity index (χ1n) is 5.41. The summed E-state index contributed by atoms with van der Waals surface area (Å²) < 4.78 is 4.54. The van der Waals surface area contributed by atoms with Gasteiger partial charge in [-0.3, -0.25) is 14.9 Å². The zero-order valence-corrected chi connectivity index (χ0v) is 9.91. The molecule has 0 radical (unpaired) electrons. The van der Waals surface area contributed by atoms with Crippen LogP contribution in [0.2, 0.25) is 0 Å². The summed E-state index contributed by atoms with van der Waals surface area (Å²) in [5.41, 5.74) is -1.63. The number of ether oxygens (including phenoxy) is 1. The van der Waals surface area contributed by atoms with E-state index < -0.39 is 41.0 Å². The monoisotopic (exact) mass is 257 g/mol. The first-order chi connectivity index (χ1) is 8.33. The molecule has 4 atom stereocenters. The minimum atomic E-state index is -1.63. The van der Waals surface area contributed by atoms with E-state index in [1.807, 2.05) is 0 Å². The van der Waals surface area contributed by atoms with E-state index in [9.17, 15) is 25.1 Å². The minimum absolute atomic E-state index is 0.147. The Bertz CT molecular complexity index is 389. The summed E-state index contributed by atoms with van der Waals surface area (Å²) in [4.78, 5) is 21.5. The van der Waals surface area contributed by atoms with Gasteiger partial charge in [0.2, 0.25) is 6.54 Å². The third-order valence-corrected chi connectivity index (χ3v) is 3.25. The Labute approximate surface area is 104 Å². The van der Waals surface area contributed by atoms with Gasteiger partial charge >= 0.3 is 5.97 Å². The molecule has 0 spiro atoms. The molecule has 0 aromatic rings. The molecule has 0 heterocycles. The Morgan fingerprint density at radius 3 is 2.72 bits per heavy atom. The van der Waals surface area contributed by atoms with Crippen molar-refractivity contribution in [2.75, 3.05) is 13.7 Å². The number of terminal acetylenes is 1. The van der Waals surface area contributed by atoms with Gasteiger partial charge in [0.15, 0.2) is 0 Å². The quantitative estimate of drug-likeness (QED) is 0.296. The van der Waals surface area contributed by atoms with Crippen molar-refractivity contribution in [3.8, 4) is 12.3 Å². The zero-order chi connectivity index (χ0) is 13.9. The van der Waals surface area contributed by atoms with E-state index in [1.54, 1.807) is 0 Å². The fourth-order valence-corrected chi connectivity index (χ4v) is 2.31. The van der Waals surface area contributed by atoms with Crippen molar-refractivity contribution in [1.82, 2.24) is 0 Å². The maximum atomic E-state index is 11.6. The maximum Gasteiger partial charge on any atom is 0.309 e. The number of rotatable bonds is 3. The highest BCUT2D eigenvalue weighted by molar-refractivity contribution is 5.73. The molecule has 0 saturated heterocycles. The van der Waals surface area contributed by atoms with Crippen LogP contribution in [-0.2, 0) is 9.53 Å². The lowest BCUT2D eigenvalue weighted by molar-refractivity contribution is -0.493. The summed E-state index contributed by atoms with van der Waals surface area (Å²) in [5.74, 6) is -0.485. The molecule has 7 nitrogen and oxygen atoms in total. The molecule has 0 bridgehead atoms. The number of esters is 1. The second kappa shape index (κ2) is 5.33. The van der Waals surface area contributed by atoms with Crippen LogP contribution in [-0.4, -0.2) is 46.5 Å². The Balaban J connectivity index is 2.98. The first kappa shape index (κ1) is 14.4. The van der Waals surface area contributed by atoms with Gasteiger partial charge in [-0.25, -0.2) is 0 Å². The van der Waals surface area contributed by atoms with Crippen LogP contribution in [0.5, 0.6) is 0 Å². The predicted molar refractivity (Wildman–Crippen MR) is 59.9 cm³/mol. The lowest BCUT2D eigenvalue weighted by Crippen LogP contribution is -2.50. The van der Waals surface area contributed by atoms with Crippen molar-refractivity contribution in [1.29, 1.82) is 0 Å². The van der Waals surface area contributed by atoms with Crippen LogP contribution >= 0.6 is 0 Å². The molecular formula is C11H15NO6. The average molecular weight is 257 g/mol. The lowest BCUT2D eigenvalue weighted by Gasteiger charge is -2.38. The largest absolute Gasteiger partial charge is 0.469 e. The van der Waals surface area contributed by atoms with E-state index in [4.69, 9.17) is 6.42 Å². The second-order valence-corrected chi connectivity index (χ2v) is 4.46. The zero-order valence-electron chi connectivity index (χ0n) is 9.91. The minimum Gasteiger partial charge on any atom is -0.469 e. The fourth-order valence-electron chi connectivity index (χ4n) is 2.31.